The van der Waals surface area contributed by atoms with Gasteiger partial charge in [0.1, 0.15) is 6.54 Å². The molecule has 1 amide bonds. The number of aromatic nitrogens is 2. The first kappa shape index (κ1) is 20.9. The predicted molar refractivity (Wildman–Crippen MR) is 114 cm³/mol. The quantitative estimate of drug-likeness (QED) is 0.568. The van der Waals surface area contributed by atoms with E-state index in [1.54, 1.807) is 15.8 Å². The number of guanidine groups is 1. The molecular weight excluding hydrogens is 368 g/mol. The summed E-state index contributed by atoms with van der Waals surface area (Å²) in [5, 5.41) is 7.47. The van der Waals surface area contributed by atoms with Crippen molar-refractivity contribution in [2.24, 2.45) is 12.0 Å². The molecule has 0 unspecified atom stereocenters. The molecule has 29 heavy (non-hydrogen) atoms. The van der Waals surface area contributed by atoms with E-state index in [4.69, 9.17) is 9.73 Å². The van der Waals surface area contributed by atoms with Crippen LogP contribution in [-0.4, -0.2) is 59.3 Å². The van der Waals surface area contributed by atoms with E-state index in [9.17, 15) is 4.79 Å². The molecular formula is C21H30N6O2. The molecule has 0 spiro atoms. The minimum absolute atomic E-state index is 0.0510. The molecule has 3 rings (SSSR count). The highest BCUT2D eigenvalue weighted by Gasteiger charge is 2.27. The Morgan fingerprint density at radius 3 is 2.59 bits per heavy atom. The molecule has 1 aliphatic rings. The Hall–Kier alpha value is -2.87. The summed E-state index contributed by atoms with van der Waals surface area (Å²) in [5.74, 6) is 0.820. The number of nitrogens with one attached hydrogen (secondary N) is 1. The van der Waals surface area contributed by atoms with Crippen molar-refractivity contribution in [1.29, 1.82) is 0 Å². The van der Waals surface area contributed by atoms with Gasteiger partial charge in [-0.1, -0.05) is 24.3 Å². The number of nitrogens with zero attached hydrogens (tertiary/aromatic N) is 5. The number of hydrogen-bond acceptors (Lipinski definition) is 4. The van der Waals surface area contributed by atoms with Crippen molar-refractivity contribution in [1.82, 2.24) is 20.0 Å². The topological polar surface area (TPSA) is 75.0 Å². The van der Waals surface area contributed by atoms with Crippen molar-refractivity contribution in [2.45, 2.75) is 27.0 Å². The van der Waals surface area contributed by atoms with Crippen molar-refractivity contribution in [2.75, 3.05) is 37.7 Å². The third kappa shape index (κ3) is 5.57. The molecule has 0 radical (unpaired) electrons. The molecule has 0 saturated carbocycles. The van der Waals surface area contributed by atoms with Gasteiger partial charge in [0.2, 0.25) is 5.91 Å². The first-order chi connectivity index (χ1) is 14.1. The Morgan fingerprint density at radius 1 is 1.21 bits per heavy atom. The highest BCUT2D eigenvalue weighted by Crippen LogP contribution is 2.16. The summed E-state index contributed by atoms with van der Waals surface area (Å²) >= 11 is 0. The lowest BCUT2D eigenvalue weighted by Gasteiger charge is -2.35. The van der Waals surface area contributed by atoms with Gasteiger partial charge in [0.25, 0.3) is 0 Å². The molecule has 8 heteroatoms. The van der Waals surface area contributed by atoms with Gasteiger partial charge in [-0.3, -0.25) is 9.48 Å². The molecule has 156 valence electrons. The molecule has 8 nitrogen and oxygen atoms in total. The van der Waals surface area contributed by atoms with Crippen LogP contribution in [0.5, 0.6) is 0 Å². The number of aliphatic imine (C=N–C) groups is 1. The van der Waals surface area contributed by atoms with Crippen LogP contribution in [0.15, 0.2) is 41.7 Å². The monoisotopic (exact) mass is 398 g/mol. The summed E-state index contributed by atoms with van der Waals surface area (Å²) in [6.07, 6.45) is 3.59. The van der Waals surface area contributed by atoms with Crippen molar-refractivity contribution in [3.63, 3.8) is 0 Å². The van der Waals surface area contributed by atoms with E-state index in [2.05, 4.69) is 34.7 Å². The molecule has 1 fully saturated rings. The SMILES string of the molecule is CCNC(=NCc1ccc(COCC)cc1)N1CCN(c2cnn(C)c2)C(=O)C1. The Morgan fingerprint density at radius 2 is 1.97 bits per heavy atom. The minimum atomic E-state index is 0.0510. The fraction of sp³-hybridized carbons (Fsp3) is 0.476. The van der Waals surface area contributed by atoms with Crippen molar-refractivity contribution in [3.8, 4) is 0 Å². The van der Waals surface area contributed by atoms with E-state index in [1.807, 2.05) is 32.0 Å². The minimum Gasteiger partial charge on any atom is -0.377 e. The molecule has 1 aromatic heterocycles. The number of rotatable bonds is 7. The van der Waals surface area contributed by atoms with Crippen LogP contribution < -0.4 is 10.2 Å². The van der Waals surface area contributed by atoms with Gasteiger partial charge in [0.15, 0.2) is 5.96 Å². The molecule has 0 aliphatic carbocycles. The summed E-state index contributed by atoms with van der Waals surface area (Å²) < 4.78 is 7.14. The largest absolute Gasteiger partial charge is 0.377 e. The normalized spacial score (nSPS) is 15.1. The third-order valence-corrected chi connectivity index (χ3v) is 4.77. The number of hydrogen-bond donors (Lipinski definition) is 1. The van der Waals surface area contributed by atoms with Crippen LogP contribution in [0.3, 0.4) is 0 Å². The average Bonchev–Trinajstić information content (AvgIpc) is 3.16. The third-order valence-electron chi connectivity index (χ3n) is 4.77. The van der Waals surface area contributed by atoms with Crippen molar-refractivity contribution in [3.05, 3.63) is 47.8 Å². The van der Waals surface area contributed by atoms with Crippen LogP contribution in [0.1, 0.15) is 25.0 Å². The maximum absolute atomic E-state index is 12.7. The zero-order valence-corrected chi connectivity index (χ0v) is 17.5. The predicted octanol–water partition coefficient (Wildman–Crippen LogP) is 1.77. The summed E-state index contributed by atoms with van der Waals surface area (Å²) in [6, 6.07) is 8.30. The lowest BCUT2D eigenvalue weighted by atomic mass is 10.1. The molecule has 1 N–H and O–H groups in total. The van der Waals surface area contributed by atoms with E-state index in [0.717, 1.165) is 35.9 Å². The van der Waals surface area contributed by atoms with E-state index in [1.165, 1.54) is 0 Å². The smallest absolute Gasteiger partial charge is 0.246 e. The molecule has 2 aromatic rings. The fourth-order valence-corrected chi connectivity index (χ4v) is 3.23. The van der Waals surface area contributed by atoms with Gasteiger partial charge < -0.3 is 19.9 Å². The maximum atomic E-state index is 12.7. The Bertz CT molecular complexity index is 830. The number of benzene rings is 1. The first-order valence-electron chi connectivity index (χ1n) is 10.1. The molecule has 1 aromatic carbocycles. The van der Waals surface area contributed by atoms with Crippen LogP contribution in [0.2, 0.25) is 0 Å². The second kappa shape index (κ2) is 10.1. The van der Waals surface area contributed by atoms with Gasteiger partial charge in [0.05, 0.1) is 25.0 Å². The van der Waals surface area contributed by atoms with Gasteiger partial charge in [-0.05, 0) is 25.0 Å². The van der Waals surface area contributed by atoms with Crippen LogP contribution in [0.4, 0.5) is 5.69 Å². The van der Waals surface area contributed by atoms with E-state index in [-0.39, 0.29) is 5.91 Å². The van der Waals surface area contributed by atoms with Crippen LogP contribution >= 0.6 is 0 Å². The van der Waals surface area contributed by atoms with E-state index >= 15 is 0 Å². The highest BCUT2D eigenvalue weighted by molar-refractivity contribution is 5.98. The number of anilines is 1. The zero-order valence-electron chi connectivity index (χ0n) is 17.5. The van der Waals surface area contributed by atoms with E-state index < -0.39 is 0 Å². The standard InChI is InChI=1S/C21H30N6O2/c1-4-22-21(23-12-17-6-8-18(9-7-17)16-29-5-2)26-10-11-27(20(28)15-26)19-13-24-25(3)14-19/h6-9,13-14H,4-5,10-12,15-16H2,1-3H3,(H,22,23). The first-order valence-corrected chi connectivity index (χ1v) is 10.1. The molecule has 0 bridgehead atoms. The fourth-order valence-electron chi connectivity index (χ4n) is 3.23. The van der Waals surface area contributed by atoms with Crippen LogP contribution in [0, 0.1) is 0 Å². The van der Waals surface area contributed by atoms with E-state index in [0.29, 0.717) is 32.8 Å². The van der Waals surface area contributed by atoms with Gasteiger partial charge in [0, 0.05) is 39.5 Å². The number of carbonyl (C=O) groups is 1. The number of carbonyl (C=O) groups excluding carboxylic acids is 1. The summed E-state index contributed by atoms with van der Waals surface area (Å²) in [4.78, 5) is 21.2. The number of amides is 1. The van der Waals surface area contributed by atoms with Gasteiger partial charge in [-0.25, -0.2) is 4.99 Å². The molecule has 1 saturated heterocycles. The van der Waals surface area contributed by atoms with Crippen LogP contribution in [-0.2, 0) is 29.7 Å². The summed E-state index contributed by atoms with van der Waals surface area (Å²) in [7, 11) is 1.85. The second-order valence-electron chi connectivity index (χ2n) is 6.96. The van der Waals surface area contributed by atoms with Gasteiger partial charge >= 0.3 is 0 Å². The molecule has 1 aliphatic heterocycles. The summed E-state index contributed by atoms with van der Waals surface area (Å²) in [6.45, 7) is 8.32. The van der Waals surface area contributed by atoms with Gasteiger partial charge in [-0.15, -0.1) is 0 Å². The average molecular weight is 399 g/mol. The Kier molecular flexibility index (Phi) is 7.24. The molecule has 2 heterocycles. The van der Waals surface area contributed by atoms with Crippen molar-refractivity contribution < 1.29 is 9.53 Å². The number of aryl methyl sites for hydroxylation is 1. The van der Waals surface area contributed by atoms with Gasteiger partial charge in [-0.2, -0.15) is 5.10 Å². The lowest BCUT2D eigenvalue weighted by molar-refractivity contribution is -0.120. The molecule has 0 atom stereocenters. The number of piperazine rings is 1. The Balaban J connectivity index is 1.62. The summed E-state index contributed by atoms with van der Waals surface area (Å²) in [5.41, 5.74) is 3.12. The number of ether oxygens (including phenoxy) is 1. The van der Waals surface area contributed by atoms with Crippen molar-refractivity contribution >= 4 is 17.6 Å². The van der Waals surface area contributed by atoms with Crippen LogP contribution in [0.25, 0.3) is 0 Å². The Labute approximate surface area is 172 Å². The lowest BCUT2D eigenvalue weighted by Crippen LogP contribution is -2.55. The zero-order chi connectivity index (χ0) is 20.6. The highest BCUT2D eigenvalue weighted by atomic mass is 16.5. The second-order valence-corrected chi connectivity index (χ2v) is 6.96. The maximum Gasteiger partial charge on any atom is 0.246 e.